The topological polar surface area (TPSA) is 40.1 Å². The molecular weight excluding hydrogens is 204 g/mol. The zero-order valence-electron chi connectivity index (χ0n) is 7.18. The third kappa shape index (κ3) is 2.36. The summed E-state index contributed by atoms with van der Waals surface area (Å²) < 4.78 is 49.3. The van der Waals surface area contributed by atoms with Crippen LogP contribution in [0.25, 0.3) is 0 Å². The van der Waals surface area contributed by atoms with E-state index in [1.165, 1.54) is 0 Å². The zero-order valence-corrected chi connectivity index (χ0v) is 7.18. The van der Waals surface area contributed by atoms with Crippen LogP contribution in [0.3, 0.4) is 0 Å². The van der Waals surface area contributed by atoms with Gasteiger partial charge in [-0.25, -0.2) is 4.39 Å². The summed E-state index contributed by atoms with van der Waals surface area (Å²) in [4.78, 5) is 10.3. The van der Waals surface area contributed by atoms with Gasteiger partial charge < -0.3 is 9.90 Å². The van der Waals surface area contributed by atoms with Crippen LogP contribution in [0.4, 0.5) is 17.6 Å². The van der Waals surface area contributed by atoms with Crippen LogP contribution in [0, 0.1) is 11.8 Å². The summed E-state index contributed by atoms with van der Waals surface area (Å²) in [6, 6.07) is 0. The lowest BCUT2D eigenvalue weighted by Gasteiger charge is -2.33. The molecule has 3 atom stereocenters. The Morgan fingerprint density at radius 3 is 2.21 bits per heavy atom. The number of carboxylic acids is 1. The molecule has 0 bridgehead atoms. The van der Waals surface area contributed by atoms with Crippen molar-refractivity contribution < 1.29 is 27.5 Å². The van der Waals surface area contributed by atoms with E-state index in [0.29, 0.717) is 0 Å². The largest absolute Gasteiger partial charge is 0.550 e. The first-order valence-electron chi connectivity index (χ1n) is 4.24. The molecule has 0 aliphatic heterocycles. The molecule has 0 saturated heterocycles. The smallest absolute Gasteiger partial charge is 0.391 e. The maximum Gasteiger partial charge on any atom is 0.391 e. The van der Waals surface area contributed by atoms with Gasteiger partial charge in [0.15, 0.2) is 0 Å². The van der Waals surface area contributed by atoms with Gasteiger partial charge in [-0.2, -0.15) is 13.2 Å². The zero-order chi connectivity index (χ0) is 10.9. The number of alkyl halides is 4. The van der Waals surface area contributed by atoms with Gasteiger partial charge >= 0.3 is 6.18 Å². The SMILES string of the molecule is O=C([O-])C1CCC(C(F)(F)F)CC1F. The van der Waals surface area contributed by atoms with Gasteiger partial charge in [0.25, 0.3) is 0 Å². The van der Waals surface area contributed by atoms with Gasteiger partial charge in [0.2, 0.25) is 0 Å². The van der Waals surface area contributed by atoms with E-state index in [-0.39, 0.29) is 12.8 Å². The van der Waals surface area contributed by atoms with Crippen molar-refractivity contribution in [1.29, 1.82) is 0 Å². The number of carbonyl (C=O) groups excluding carboxylic acids is 1. The highest BCUT2D eigenvalue weighted by Crippen LogP contribution is 2.40. The van der Waals surface area contributed by atoms with E-state index in [4.69, 9.17) is 0 Å². The van der Waals surface area contributed by atoms with Crippen molar-refractivity contribution in [1.82, 2.24) is 0 Å². The Morgan fingerprint density at radius 1 is 1.29 bits per heavy atom. The van der Waals surface area contributed by atoms with Gasteiger partial charge in [-0.1, -0.05) is 0 Å². The maximum absolute atomic E-state index is 13.0. The summed E-state index contributed by atoms with van der Waals surface area (Å²) in [5.74, 6) is -4.69. The molecule has 0 N–H and O–H groups in total. The van der Waals surface area contributed by atoms with Crippen molar-refractivity contribution in [2.75, 3.05) is 0 Å². The van der Waals surface area contributed by atoms with E-state index < -0.39 is 36.6 Å². The van der Waals surface area contributed by atoms with Gasteiger partial charge in [-0.3, -0.25) is 0 Å². The molecule has 1 aliphatic carbocycles. The summed E-state index contributed by atoms with van der Waals surface area (Å²) in [6.07, 6.45) is -7.76. The Morgan fingerprint density at radius 2 is 1.86 bits per heavy atom. The summed E-state index contributed by atoms with van der Waals surface area (Å²) in [7, 11) is 0. The van der Waals surface area contributed by atoms with Crippen molar-refractivity contribution in [3.05, 3.63) is 0 Å². The van der Waals surface area contributed by atoms with Crippen LogP contribution in [0.2, 0.25) is 0 Å². The third-order valence-electron chi connectivity index (χ3n) is 2.54. The minimum atomic E-state index is -4.43. The molecular formula is C8H9F4O2-. The average Bonchev–Trinajstić information content (AvgIpc) is 2.01. The fraction of sp³-hybridized carbons (Fsp3) is 0.875. The Labute approximate surface area is 77.9 Å². The summed E-state index contributed by atoms with van der Waals surface area (Å²) in [5, 5.41) is 10.3. The number of carboxylic acid groups (broad SMARTS) is 1. The fourth-order valence-corrected chi connectivity index (χ4v) is 1.68. The van der Waals surface area contributed by atoms with Gasteiger partial charge in [-0.15, -0.1) is 0 Å². The van der Waals surface area contributed by atoms with Crippen molar-refractivity contribution in [3.63, 3.8) is 0 Å². The molecule has 0 spiro atoms. The van der Waals surface area contributed by atoms with Gasteiger partial charge in [0, 0.05) is 11.9 Å². The van der Waals surface area contributed by atoms with E-state index in [9.17, 15) is 27.5 Å². The van der Waals surface area contributed by atoms with Crippen LogP contribution in [0.1, 0.15) is 19.3 Å². The molecule has 0 aromatic heterocycles. The summed E-state index contributed by atoms with van der Waals surface area (Å²) in [6.45, 7) is 0. The van der Waals surface area contributed by atoms with Crippen LogP contribution >= 0.6 is 0 Å². The Balaban J connectivity index is 2.60. The highest BCUT2D eigenvalue weighted by atomic mass is 19.4. The lowest BCUT2D eigenvalue weighted by Crippen LogP contribution is -2.43. The number of halogens is 4. The minimum absolute atomic E-state index is 0.298. The second-order valence-electron chi connectivity index (χ2n) is 3.49. The molecule has 1 fully saturated rings. The standard InChI is InChI=1S/C8H10F4O2/c9-6-3-4(8(10,11)12)1-2-5(6)7(13)14/h4-6H,1-3H2,(H,13,14)/p-1. The highest BCUT2D eigenvalue weighted by molar-refractivity contribution is 5.68. The number of hydrogen-bond donors (Lipinski definition) is 0. The lowest BCUT2D eigenvalue weighted by atomic mass is 9.80. The van der Waals surface area contributed by atoms with Crippen LogP contribution in [0.5, 0.6) is 0 Å². The first-order chi connectivity index (χ1) is 6.32. The second-order valence-corrected chi connectivity index (χ2v) is 3.49. The molecule has 6 heteroatoms. The molecule has 2 nitrogen and oxygen atoms in total. The van der Waals surface area contributed by atoms with Crippen LogP contribution in [-0.2, 0) is 4.79 Å². The van der Waals surface area contributed by atoms with Crippen molar-refractivity contribution in [2.45, 2.75) is 31.6 Å². The van der Waals surface area contributed by atoms with Crippen molar-refractivity contribution in [2.24, 2.45) is 11.8 Å². The Hall–Kier alpha value is -0.810. The van der Waals surface area contributed by atoms with E-state index in [1.807, 2.05) is 0 Å². The van der Waals surface area contributed by atoms with Gasteiger partial charge in [-0.05, 0) is 19.3 Å². The Kier molecular flexibility index (Phi) is 3.01. The normalized spacial score (nSPS) is 34.1. The fourth-order valence-electron chi connectivity index (χ4n) is 1.68. The molecule has 1 saturated carbocycles. The van der Waals surface area contributed by atoms with Crippen LogP contribution in [0.15, 0.2) is 0 Å². The molecule has 0 amide bonds. The van der Waals surface area contributed by atoms with Crippen LogP contribution < -0.4 is 5.11 Å². The molecule has 0 heterocycles. The van der Waals surface area contributed by atoms with E-state index >= 15 is 0 Å². The van der Waals surface area contributed by atoms with Gasteiger partial charge in [0.1, 0.15) is 6.17 Å². The first kappa shape index (κ1) is 11.3. The number of carbonyl (C=O) groups is 1. The maximum atomic E-state index is 13.0. The molecule has 1 aliphatic rings. The first-order valence-corrected chi connectivity index (χ1v) is 4.24. The summed E-state index contributed by atoms with van der Waals surface area (Å²) >= 11 is 0. The molecule has 0 aromatic carbocycles. The van der Waals surface area contributed by atoms with E-state index in [1.54, 1.807) is 0 Å². The third-order valence-corrected chi connectivity index (χ3v) is 2.54. The molecule has 3 unspecified atom stereocenters. The second kappa shape index (κ2) is 3.74. The molecule has 1 rings (SSSR count). The molecule has 14 heavy (non-hydrogen) atoms. The summed E-state index contributed by atoms with van der Waals surface area (Å²) in [5.41, 5.74) is 0. The molecule has 0 aromatic rings. The number of aliphatic carboxylic acids is 1. The highest BCUT2D eigenvalue weighted by Gasteiger charge is 2.45. The Bertz CT molecular complexity index is 226. The lowest BCUT2D eigenvalue weighted by molar-refractivity contribution is -0.315. The average molecular weight is 213 g/mol. The minimum Gasteiger partial charge on any atom is -0.550 e. The van der Waals surface area contributed by atoms with Crippen molar-refractivity contribution in [3.8, 4) is 0 Å². The van der Waals surface area contributed by atoms with E-state index in [0.717, 1.165) is 0 Å². The van der Waals surface area contributed by atoms with Crippen LogP contribution in [-0.4, -0.2) is 18.3 Å². The predicted octanol–water partition coefficient (Wildman–Crippen LogP) is 1.05. The number of hydrogen-bond acceptors (Lipinski definition) is 2. The quantitative estimate of drug-likeness (QED) is 0.611. The van der Waals surface area contributed by atoms with E-state index in [2.05, 4.69) is 0 Å². The number of rotatable bonds is 1. The molecule has 82 valence electrons. The van der Waals surface area contributed by atoms with Gasteiger partial charge in [0.05, 0.1) is 5.92 Å². The molecule has 0 radical (unpaired) electrons. The van der Waals surface area contributed by atoms with Crippen molar-refractivity contribution >= 4 is 5.97 Å². The monoisotopic (exact) mass is 213 g/mol. The predicted molar refractivity (Wildman–Crippen MR) is 36.8 cm³/mol.